The molecule has 1 unspecified atom stereocenters. The molecule has 4 heteroatoms. The molecule has 0 radical (unpaired) electrons. The van der Waals surface area contributed by atoms with E-state index in [1.54, 1.807) is 12.1 Å². The number of nitrogens with one attached hydrogen (secondary N) is 1. The Bertz CT molecular complexity index is 557. The summed E-state index contributed by atoms with van der Waals surface area (Å²) in [5, 5.41) is 14.0. The molecule has 0 saturated carbocycles. The molecule has 0 spiro atoms. The highest BCUT2D eigenvalue weighted by Crippen LogP contribution is 2.24. The highest BCUT2D eigenvalue weighted by molar-refractivity contribution is 9.10. The SMILES string of the molecule is Cc1ccc(Br)c(NCC(O)c2ccc(Cl)cc2)c1. The summed E-state index contributed by atoms with van der Waals surface area (Å²) in [4.78, 5) is 0. The average molecular weight is 341 g/mol. The van der Waals surface area contributed by atoms with Gasteiger partial charge in [0.1, 0.15) is 0 Å². The van der Waals surface area contributed by atoms with Gasteiger partial charge in [-0.25, -0.2) is 0 Å². The first kappa shape index (κ1) is 14.4. The van der Waals surface area contributed by atoms with Gasteiger partial charge in [0.05, 0.1) is 6.10 Å². The van der Waals surface area contributed by atoms with Crippen LogP contribution in [0, 0.1) is 6.92 Å². The lowest BCUT2D eigenvalue weighted by Gasteiger charge is -2.14. The predicted molar refractivity (Wildman–Crippen MR) is 83.8 cm³/mol. The minimum absolute atomic E-state index is 0.448. The van der Waals surface area contributed by atoms with Crippen LogP contribution in [0.4, 0.5) is 5.69 Å². The van der Waals surface area contributed by atoms with Crippen molar-refractivity contribution >= 4 is 33.2 Å². The molecular weight excluding hydrogens is 326 g/mol. The molecule has 0 bridgehead atoms. The monoisotopic (exact) mass is 339 g/mol. The van der Waals surface area contributed by atoms with E-state index < -0.39 is 6.10 Å². The third kappa shape index (κ3) is 3.96. The summed E-state index contributed by atoms with van der Waals surface area (Å²) < 4.78 is 0.987. The van der Waals surface area contributed by atoms with Crippen LogP contribution < -0.4 is 5.32 Å². The van der Waals surface area contributed by atoms with Crippen molar-refractivity contribution in [3.63, 3.8) is 0 Å². The van der Waals surface area contributed by atoms with E-state index in [0.717, 1.165) is 15.7 Å². The minimum atomic E-state index is -0.565. The van der Waals surface area contributed by atoms with Crippen molar-refractivity contribution in [1.82, 2.24) is 0 Å². The number of aliphatic hydroxyl groups is 1. The summed E-state index contributed by atoms with van der Waals surface area (Å²) in [5.41, 5.74) is 3.00. The van der Waals surface area contributed by atoms with Crippen molar-refractivity contribution in [1.29, 1.82) is 0 Å². The molecule has 2 aromatic rings. The standard InChI is InChI=1S/C15H15BrClNO/c1-10-2-7-13(16)14(8-10)18-9-15(19)11-3-5-12(17)6-4-11/h2-8,15,18-19H,9H2,1H3. The van der Waals surface area contributed by atoms with Gasteiger partial charge < -0.3 is 10.4 Å². The van der Waals surface area contributed by atoms with Crippen LogP contribution in [0.25, 0.3) is 0 Å². The summed E-state index contributed by atoms with van der Waals surface area (Å²) in [5.74, 6) is 0. The Balaban J connectivity index is 2.02. The van der Waals surface area contributed by atoms with Gasteiger partial charge in [-0.15, -0.1) is 0 Å². The van der Waals surface area contributed by atoms with Crippen LogP contribution in [-0.2, 0) is 0 Å². The second-order valence-corrected chi connectivity index (χ2v) is 5.72. The van der Waals surface area contributed by atoms with E-state index in [1.807, 2.05) is 37.3 Å². The largest absolute Gasteiger partial charge is 0.387 e. The molecular formula is C15H15BrClNO. The van der Waals surface area contributed by atoms with Gasteiger partial charge in [0.25, 0.3) is 0 Å². The highest BCUT2D eigenvalue weighted by atomic mass is 79.9. The van der Waals surface area contributed by atoms with Crippen molar-refractivity contribution in [2.75, 3.05) is 11.9 Å². The van der Waals surface area contributed by atoms with Gasteiger partial charge >= 0.3 is 0 Å². The number of benzene rings is 2. The first-order valence-electron chi connectivity index (χ1n) is 6.00. The average Bonchev–Trinajstić information content (AvgIpc) is 2.40. The van der Waals surface area contributed by atoms with Gasteiger partial charge in [0, 0.05) is 21.7 Å². The Morgan fingerprint density at radius 2 is 1.89 bits per heavy atom. The maximum absolute atomic E-state index is 10.1. The van der Waals surface area contributed by atoms with Crippen molar-refractivity contribution in [3.05, 3.63) is 63.1 Å². The molecule has 0 aliphatic heterocycles. The molecule has 100 valence electrons. The molecule has 2 N–H and O–H groups in total. The van der Waals surface area contributed by atoms with E-state index >= 15 is 0 Å². The van der Waals surface area contributed by atoms with Crippen LogP contribution >= 0.6 is 27.5 Å². The van der Waals surface area contributed by atoms with E-state index in [4.69, 9.17) is 11.6 Å². The smallest absolute Gasteiger partial charge is 0.0962 e. The second kappa shape index (κ2) is 6.42. The third-order valence-electron chi connectivity index (χ3n) is 2.86. The summed E-state index contributed by atoms with van der Waals surface area (Å²) in [6, 6.07) is 13.3. The van der Waals surface area contributed by atoms with E-state index in [2.05, 4.69) is 21.2 Å². The molecule has 2 rings (SSSR count). The molecule has 0 aliphatic carbocycles. The van der Waals surface area contributed by atoms with Crippen LogP contribution in [0.1, 0.15) is 17.2 Å². The Kier molecular flexibility index (Phi) is 4.86. The Hall–Kier alpha value is -1.03. The number of hydrogen-bond acceptors (Lipinski definition) is 2. The molecule has 0 aromatic heterocycles. The van der Waals surface area contributed by atoms with Gasteiger partial charge in [-0.1, -0.05) is 29.8 Å². The molecule has 2 aromatic carbocycles. The highest BCUT2D eigenvalue weighted by Gasteiger charge is 2.08. The zero-order valence-corrected chi connectivity index (χ0v) is 12.9. The van der Waals surface area contributed by atoms with Crippen LogP contribution in [0.15, 0.2) is 46.9 Å². The zero-order chi connectivity index (χ0) is 13.8. The Morgan fingerprint density at radius 3 is 2.58 bits per heavy atom. The van der Waals surface area contributed by atoms with E-state index in [1.165, 1.54) is 5.56 Å². The van der Waals surface area contributed by atoms with Gasteiger partial charge in [0.2, 0.25) is 0 Å². The van der Waals surface area contributed by atoms with Crippen molar-refractivity contribution < 1.29 is 5.11 Å². The normalized spacial score (nSPS) is 12.2. The predicted octanol–water partition coefficient (Wildman–Crippen LogP) is 4.56. The van der Waals surface area contributed by atoms with Gasteiger partial charge in [-0.3, -0.25) is 0 Å². The number of halogens is 2. The molecule has 0 heterocycles. The maximum atomic E-state index is 10.1. The molecule has 0 saturated heterocycles. The van der Waals surface area contributed by atoms with Crippen LogP contribution in [0.3, 0.4) is 0 Å². The van der Waals surface area contributed by atoms with Crippen LogP contribution in [0.5, 0.6) is 0 Å². The van der Waals surface area contributed by atoms with Crippen LogP contribution in [0.2, 0.25) is 5.02 Å². The fourth-order valence-corrected chi connectivity index (χ4v) is 2.30. The molecule has 0 amide bonds. The van der Waals surface area contributed by atoms with Crippen LogP contribution in [-0.4, -0.2) is 11.7 Å². The molecule has 1 atom stereocenters. The summed E-state index contributed by atoms with van der Waals surface area (Å²) in [6.45, 7) is 2.48. The Labute approximate surface area is 126 Å². The van der Waals surface area contributed by atoms with E-state index in [0.29, 0.717) is 11.6 Å². The molecule has 2 nitrogen and oxygen atoms in total. The number of aliphatic hydroxyl groups excluding tert-OH is 1. The van der Waals surface area contributed by atoms with E-state index in [-0.39, 0.29) is 0 Å². The third-order valence-corrected chi connectivity index (χ3v) is 3.81. The van der Waals surface area contributed by atoms with Crippen molar-refractivity contribution in [3.8, 4) is 0 Å². The summed E-state index contributed by atoms with van der Waals surface area (Å²) >= 11 is 9.31. The van der Waals surface area contributed by atoms with Gasteiger partial charge in [-0.2, -0.15) is 0 Å². The second-order valence-electron chi connectivity index (χ2n) is 4.43. The first-order valence-corrected chi connectivity index (χ1v) is 7.17. The lowest BCUT2D eigenvalue weighted by molar-refractivity contribution is 0.191. The lowest BCUT2D eigenvalue weighted by atomic mass is 10.1. The van der Waals surface area contributed by atoms with Crippen molar-refractivity contribution in [2.24, 2.45) is 0 Å². The Morgan fingerprint density at radius 1 is 1.21 bits per heavy atom. The maximum Gasteiger partial charge on any atom is 0.0962 e. The summed E-state index contributed by atoms with van der Waals surface area (Å²) in [7, 11) is 0. The molecule has 0 aliphatic rings. The fourth-order valence-electron chi connectivity index (χ4n) is 1.78. The zero-order valence-electron chi connectivity index (χ0n) is 10.5. The number of hydrogen-bond donors (Lipinski definition) is 2. The van der Waals surface area contributed by atoms with Gasteiger partial charge in [0.15, 0.2) is 0 Å². The fraction of sp³-hybridized carbons (Fsp3) is 0.200. The summed E-state index contributed by atoms with van der Waals surface area (Å²) in [6.07, 6.45) is -0.565. The number of rotatable bonds is 4. The first-order chi connectivity index (χ1) is 9.06. The molecule has 0 fully saturated rings. The van der Waals surface area contributed by atoms with E-state index in [9.17, 15) is 5.11 Å². The number of anilines is 1. The van der Waals surface area contributed by atoms with Gasteiger partial charge in [-0.05, 0) is 58.2 Å². The lowest BCUT2D eigenvalue weighted by Crippen LogP contribution is -2.12. The molecule has 19 heavy (non-hydrogen) atoms. The minimum Gasteiger partial charge on any atom is -0.387 e. The van der Waals surface area contributed by atoms with Crippen molar-refractivity contribution in [2.45, 2.75) is 13.0 Å². The number of aryl methyl sites for hydroxylation is 1. The topological polar surface area (TPSA) is 32.3 Å². The quantitative estimate of drug-likeness (QED) is 0.855.